The number of benzene rings is 2. The molecule has 0 aliphatic carbocycles. The van der Waals surface area contributed by atoms with Gasteiger partial charge in [0.2, 0.25) is 5.91 Å². The predicted octanol–water partition coefficient (Wildman–Crippen LogP) is 3.36. The van der Waals surface area contributed by atoms with Gasteiger partial charge in [0.05, 0.1) is 11.2 Å². The van der Waals surface area contributed by atoms with Crippen molar-refractivity contribution in [3.63, 3.8) is 0 Å². The van der Waals surface area contributed by atoms with E-state index in [0.29, 0.717) is 23.4 Å². The molecule has 0 saturated carbocycles. The van der Waals surface area contributed by atoms with Crippen molar-refractivity contribution in [1.82, 2.24) is 19.4 Å². The fourth-order valence-corrected chi connectivity index (χ4v) is 3.61. The van der Waals surface area contributed by atoms with Crippen molar-refractivity contribution in [3.05, 3.63) is 88.7 Å². The highest BCUT2D eigenvalue weighted by Gasteiger charge is 2.17. The summed E-state index contributed by atoms with van der Waals surface area (Å²) in [6.45, 7) is 0.231. The van der Waals surface area contributed by atoms with Crippen molar-refractivity contribution in [2.24, 2.45) is 0 Å². The summed E-state index contributed by atoms with van der Waals surface area (Å²) in [5, 5.41) is 2.85. The fourth-order valence-electron chi connectivity index (χ4n) is 3.21. The standard InChI is InChI=1S/C22H19FN4O2S/c1-30-18-10-4-15(5-11-18)13-25-20(28)14-26-19-3-2-12-24-21(19)27(22(26)29)17-8-6-16(23)7-9-17/h2-12H,13-14H2,1H3,(H,25,28). The number of imidazole rings is 1. The number of carbonyl (C=O) groups is 1. The van der Waals surface area contributed by atoms with E-state index in [1.807, 2.05) is 30.5 Å². The Morgan fingerprint density at radius 3 is 2.53 bits per heavy atom. The van der Waals surface area contributed by atoms with Crippen LogP contribution < -0.4 is 11.0 Å². The van der Waals surface area contributed by atoms with Crippen molar-refractivity contribution in [3.8, 4) is 5.69 Å². The van der Waals surface area contributed by atoms with E-state index in [4.69, 9.17) is 0 Å². The molecule has 0 radical (unpaired) electrons. The molecule has 0 saturated heterocycles. The summed E-state index contributed by atoms with van der Waals surface area (Å²) in [5.41, 5.74) is 2.00. The van der Waals surface area contributed by atoms with Gasteiger partial charge in [-0.3, -0.25) is 9.36 Å². The maximum atomic E-state index is 13.3. The van der Waals surface area contributed by atoms with Crippen LogP contribution in [-0.4, -0.2) is 26.3 Å². The number of carbonyl (C=O) groups excluding carboxylic acids is 1. The van der Waals surface area contributed by atoms with E-state index in [2.05, 4.69) is 10.3 Å². The van der Waals surface area contributed by atoms with E-state index >= 15 is 0 Å². The van der Waals surface area contributed by atoms with Crippen molar-refractivity contribution < 1.29 is 9.18 Å². The number of halogens is 1. The second-order valence-electron chi connectivity index (χ2n) is 6.65. The molecule has 0 fully saturated rings. The maximum Gasteiger partial charge on any atom is 0.335 e. The zero-order valence-corrected chi connectivity index (χ0v) is 17.0. The van der Waals surface area contributed by atoms with Crippen LogP contribution in [0.15, 0.2) is 76.6 Å². The second-order valence-corrected chi connectivity index (χ2v) is 7.53. The predicted molar refractivity (Wildman–Crippen MR) is 115 cm³/mol. The molecule has 8 heteroatoms. The molecule has 152 valence electrons. The molecule has 0 aliphatic heterocycles. The molecule has 1 amide bonds. The Balaban J connectivity index is 1.59. The van der Waals surface area contributed by atoms with E-state index in [-0.39, 0.29) is 12.5 Å². The number of amides is 1. The van der Waals surface area contributed by atoms with Gasteiger partial charge in [0, 0.05) is 17.6 Å². The Labute approximate surface area is 176 Å². The Hall–Kier alpha value is -3.39. The van der Waals surface area contributed by atoms with Crippen LogP contribution in [-0.2, 0) is 17.9 Å². The van der Waals surface area contributed by atoms with Crippen molar-refractivity contribution in [2.75, 3.05) is 6.26 Å². The number of aromatic nitrogens is 3. The third kappa shape index (κ3) is 3.99. The molecule has 4 aromatic rings. The van der Waals surface area contributed by atoms with Gasteiger partial charge in [0.15, 0.2) is 5.65 Å². The minimum Gasteiger partial charge on any atom is -0.350 e. The lowest BCUT2D eigenvalue weighted by Gasteiger charge is -2.07. The molecular weight excluding hydrogens is 403 g/mol. The number of nitrogens with one attached hydrogen (secondary N) is 1. The van der Waals surface area contributed by atoms with Crippen LogP contribution in [0.4, 0.5) is 4.39 Å². The van der Waals surface area contributed by atoms with Gasteiger partial charge in [0.25, 0.3) is 0 Å². The van der Waals surface area contributed by atoms with E-state index < -0.39 is 11.5 Å². The largest absolute Gasteiger partial charge is 0.350 e. The van der Waals surface area contributed by atoms with E-state index in [9.17, 15) is 14.0 Å². The van der Waals surface area contributed by atoms with Crippen LogP contribution in [0.25, 0.3) is 16.9 Å². The smallest absolute Gasteiger partial charge is 0.335 e. The first-order valence-corrected chi connectivity index (χ1v) is 10.5. The Morgan fingerprint density at radius 2 is 1.83 bits per heavy atom. The topological polar surface area (TPSA) is 68.9 Å². The average Bonchev–Trinajstić information content (AvgIpc) is 3.05. The third-order valence-electron chi connectivity index (χ3n) is 4.73. The normalized spacial score (nSPS) is 11.0. The van der Waals surface area contributed by atoms with Gasteiger partial charge < -0.3 is 5.32 Å². The Kier molecular flexibility index (Phi) is 5.67. The van der Waals surface area contributed by atoms with Gasteiger partial charge in [-0.25, -0.2) is 18.7 Å². The summed E-state index contributed by atoms with van der Waals surface area (Å²) in [6, 6.07) is 16.9. The fraction of sp³-hybridized carbons (Fsp3) is 0.136. The van der Waals surface area contributed by atoms with Crippen molar-refractivity contribution in [2.45, 2.75) is 18.0 Å². The summed E-state index contributed by atoms with van der Waals surface area (Å²) >= 11 is 1.65. The molecule has 0 aliphatic rings. The Bertz CT molecular complexity index is 1250. The molecule has 0 bridgehead atoms. The molecule has 2 heterocycles. The number of nitrogens with zero attached hydrogens (tertiary/aromatic N) is 3. The zero-order valence-electron chi connectivity index (χ0n) is 16.2. The molecule has 1 N–H and O–H groups in total. The zero-order chi connectivity index (χ0) is 21.1. The minimum atomic E-state index is -0.408. The van der Waals surface area contributed by atoms with E-state index in [1.54, 1.807) is 30.1 Å². The lowest BCUT2D eigenvalue weighted by Crippen LogP contribution is -2.32. The highest BCUT2D eigenvalue weighted by molar-refractivity contribution is 7.98. The average molecular weight is 422 g/mol. The van der Waals surface area contributed by atoms with Gasteiger partial charge in [-0.05, 0) is 60.4 Å². The van der Waals surface area contributed by atoms with Crippen LogP contribution in [0.5, 0.6) is 0 Å². The summed E-state index contributed by atoms with van der Waals surface area (Å²) in [6.07, 6.45) is 3.58. The highest BCUT2D eigenvalue weighted by atomic mass is 32.2. The molecule has 0 spiro atoms. The molecular formula is C22H19FN4O2S. The molecule has 0 atom stereocenters. The monoisotopic (exact) mass is 422 g/mol. The quantitative estimate of drug-likeness (QED) is 0.484. The maximum absolute atomic E-state index is 13.3. The number of hydrogen-bond donors (Lipinski definition) is 1. The van der Waals surface area contributed by atoms with Crippen molar-refractivity contribution in [1.29, 1.82) is 0 Å². The van der Waals surface area contributed by atoms with Gasteiger partial charge in [-0.15, -0.1) is 11.8 Å². The second kappa shape index (κ2) is 8.54. The molecule has 2 aromatic heterocycles. The number of pyridine rings is 1. The van der Waals surface area contributed by atoms with Crippen LogP contribution in [0.3, 0.4) is 0 Å². The van der Waals surface area contributed by atoms with Gasteiger partial charge in [-0.2, -0.15) is 0 Å². The first-order chi connectivity index (χ1) is 14.6. The lowest BCUT2D eigenvalue weighted by molar-refractivity contribution is -0.121. The number of thioether (sulfide) groups is 1. The number of fused-ring (bicyclic) bond motifs is 1. The minimum absolute atomic E-state index is 0.141. The molecule has 4 rings (SSSR count). The highest BCUT2D eigenvalue weighted by Crippen LogP contribution is 2.16. The first-order valence-electron chi connectivity index (χ1n) is 9.28. The van der Waals surface area contributed by atoms with E-state index in [1.165, 1.54) is 33.4 Å². The van der Waals surface area contributed by atoms with Gasteiger partial charge >= 0.3 is 5.69 Å². The number of rotatable bonds is 6. The molecule has 2 aromatic carbocycles. The third-order valence-corrected chi connectivity index (χ3v) is 5.47. The summed E-state index contributed by atoms with van der Waals surface area (Å²) < 4.78 is 16.0. The Morgan fingerprint density at radius 1 is 1.10 bits per heavy atom. The summed E-state index contributed by atoms with van der Waals surface area (Å²) in [4.78, 5) is 31.0. The van der Waals surface area contributed by atoms with Gasteiger partial charge in [-0.1, -0.05) is 12.1 Å². The van der Waals surface area contributed by atoms with Crippen LogP contribution in [0.1, 0.15) is 5.56 Å². The van der Waals surface area contributed by atoms with Crippen LogP contribution >= 0.6 is 11.8 Å². The molecule has 30 heavy (non-hydrogen) atoms. The van der Waals surface area contributed by atoms with Crippen LogP contribution in [0, 0.1) is 5.82 Å². The summed E-state index contributed by atoms with van der Waals surface area (Å²) in [7, 11) is 0. The van der Waals surface area contributed by atoms with E-state index in [0.717, 1.165) is 10.5 Å². The number of hydrogen-bond acceptors (Lipinski definition) is 4. The van der Waals surface area contributed by atoms with Crippen LogP contribution in [0.2, 0.25) is 0 Å². The molecule has 0 unspecified atom stereocenters. The summed E-state index contributed by atoms with van der Waals surface area (Å²) in [5.74, 6) is -0.679. The first kappa shape index (κ1) is 19.9. The van der Waals surface area contributed by atoms with Crippen molar-refractivity contribution >= 4 is 28.8 Å². The molecule has 6 nitrogen and oxygen atoms in total. The van der Waals surface area contributed by atoms with Gasteiger partial charge in [0.1, 0.15) is 12.4 Å². The lowest BCUT2D eigenvalue weighted by atomic mass is 10.2. The SMILES string of the molecule is CSc1ccc(CNC(=O)Cn2c(=O)n(-c3ccc(F)cc3)c3ncccc32)cc1.